The molecule has 21 heavy (non-hydrogen) atoms. The van der Waals surface area contributed by atoms with Crippen LogP contribution in [0, 0.1) is 6.92 Å². The van der Waals surface area contributed by atoms with Gasteiger partial charge >= 0.3 is 5.97 Å². The second-order valence-corrected chi connectivity index (χ2v) is 6.58. The number of nitrogens with one attached hydrogen (secondary N) is 1. The first-order valence-corrected chi connectivity index (χ1v) is 7.85. The van der Waals surface area contributed by atoms with E-state index in [0.29, 0.717) is 37.1 Å². The number of hydrogen-bond donors (Lipinski definition) is 2. The fourth-order valence-corrected chi connectivity index (χ4v) is 3.72. The van der Waals surface area contributed by atoms with E-state index in [1.165, 1.54) is 11.3 Å². The molecule has 0 saturated heterocycles. The number of rotatable bonds is 3. The molecule has 2 heterocycles. The van der Waals surface area contributed by atoms with E-state index < -0.39 is 5.97 Å². The number of carboxylic acid groups (broad SMARTS) is 1. The van der Waals surface area contributed by atoms with E-state index in [2.05, 4.69) is 19.0 Å². The van der Waals surface area contributed by atoms with Crippen LogP contribution in [0.3, 0.4) is 0 Å². The van der Waals surface area contributed by atoms with E-state index in [4.69, 9.17) is 28.3 Å². The molecule has 0 bridgehead atoms. The lowest BCUT2D eigenvalue weighted by Gasteiger charge is -2.09. The Hall–Kier alpha value is -1.48. The highest BCUT2D eigenvalue weighted by Crippen LogP contribution is 2.48. The summed E-state index contributed by atoms with van der Waals surface area (Å²) in [6, 6.07) is 1.56. The number of carboxylic acids is 1. The molecular formula is C11H6Cl2N4O2S2. The van der Waals surface area contributed by atoms with Crippen molar-refractivity contribution in [2.24, 2.45) is 8.73 Å². The van der Waals surface area contributed by atoms with E-state index in [1.807, 2.05) is 0 Å². The van der Waals surface area contributed by atoms with Crippen LogP contribution < -0.4 is 5.32 Å². The molecule has 1 aromatic carbocycles. The first-order valence-electron chi connectivity index (χ1n) is 5.55. The lowest BCUT2D eigenvalue weighted by Crippen LogP contribution is -1.99. The molecule has 2 aromatic rings. The predicted molar refractivity (Wildman–Crippen MR) is 85.1 cm³/mol. The van der Waals surface area contributed by atoms with Crippen LogP contribution in [0.15, 0.2) is 14.8 Å². The van der Waals surface area contributed by atoms with E-state index >= 15 is 0 Å². The smallest absolute Gasteiger partial charge is 0.355 e. The molecule has 2 N–H and O–H groups in total. The molecule has 6 nitrogen and oxygen atoms in total. The molecule has 1 aliphatic heterocycles. The molecule has 108 valence electrons. The Balaban J connectivity index is 2.04. The van der Waals surface area contributed by atoms with Crippen molar-refractivity contribution >= 4 is 74.1 Å². The van der Waals surface area contributed by atoms with Crippen molar-refractivity contribution in [2.45, 2.75) is 6.92 Å². The third-order valence-electron chi connectivity index (χ3n) is 2.67. The van der Waals surface area contributed by atoms with E-state index in [1.54, 1.807) is 13.0 Å². The average Bonchev–Trinajstić information content (AvgIpc) is 3.01. The number of benzene rings is 1. The van der Waals surface area contributed by atoms with Gasteiger partial charge in [-0.1, -0.05) is 23.2 Å². The molecule has 10 heteroatoms. The number of carbonyl (C=O) groups is 1. The monoisotopic (exact) mass is 360 g/mol. The maximum Gasteiger partial charge on any atom is 0.355 e. The molecule has 0 amide bonds. The van der Waals surface area contributed by atoms with Gasteiger partial charge in [0.05, 0.1) is 27.1 Å². The van der Waals surface area contributed by atoms with E-state index in [9.17, 15) is 4.79 Å². The largest absolute Gasteiger partial charge is 0.476 e. The van der Waals surface area contributed by atoms with Gasteiger partial charge in [0.15, 0.2) is 10.8 Å². The van der Waals surface area contributed by atoms with Crippen molar-refractivity contribution in [3.8, 4) is 0 Å². The molecule has 0 spiro atoms. The minimum Gasteiger partial charge on any atom is -0.476 e. The molecule has 0 saturated carbocycles. The quantitative estimate of drug-likeness (QED) is 0.693. The molecule has 1 aliphatic rings. The molecule has 0 fully saturated rings. The first-order chi connectivity index (χ1) is 9.97. The summed E-state index contributed by atoms with van der Waals surface area (Å²) in [4.78, 5) is 15.7. The highest BCUT2D eigenvalue weighted by molar-refractivity contribution is 7.58. The van der Waals surface area contributed by atoms with Gasteiger partial charge in [-0.2, -0.15) is 8.73 Å². The number of aromatic nitrogens is 1. The fraction of sp³-hybridized carbons (Fsp3) is 0.0909. The number of thiazole rings is 1. The van der Waals surface area contributed by atoms with Crippen molar-refractivity contribution in [3.05, 3.63) is 26.7 Å². The Morgan fingerprint density at radius 1 is 1.29 bits per heavy atom. The molecule has 3 rings (SSSR count). The molecule has 0 atom stereocenters. The Bertz CT molecular complexity index is 843. The lowest BCUT2D eigenvalue weighted by molar-refractivity contribution is 0.0690. The minimum atomic E-state index is -1.07. The average molecular weight is 361 g/mol. The van der Waals surface area contributed by atoms with Crippen LogP contribution in [0.5, 0.6) is 0 Å². The number of halogens is 2. The Morgan fingerprint density at radius 3 is 2.67 bits per heavy atom. The second kappa shape index (κ2) is 5.38. The van der Waals surface area contributed by atoms with Crippen LogP contribution in [0.25, 0.3) is 0 Å². The summed E-state index contributed by atoms with van der Waals surface area (Å²) in [5, 5.41) is 13.2. The SMILES string of the molecule is Cc1sc(Nc2c(Cl)cc(Cl)c3c2N=S=N3)nc1C(=O)O. The number of nitrogens with zero attached hydrogens (tertiary/aromatic N) is 3. The van der Waals surface area contributed by atoms with Crippen LogP contribution in [0.2, 0.25) is 10.0 Å². The van der Waals surface area contributed by atoms with Crippen molar-refractivity contribution in [1.29, 1.82) is 0 Å². The first kappa shape index (κ1) is 14.5. The van der Waals surface area contributed by atoms with Crippen molar-refractivity contribution < 1.29 is 9.90 Å². The van der Waals surface area contributed by atoms with Crippen molar-refractivity contribution in [1.82, 2.24) is 4.98 Å². The van der Waals surface area contributed by atoms with Gasteiger partial charge < -0.3 is 10.4 Å². The Labute approximate surface area is 136 Å². The van der Waals surface area contributed by atoms with Crippen LogP contribution >= 0.6 is 34.5 Å². The number of anilines is 2. The molecular weight excluding hydrogens is 355 g/mol. The topological polar surface area (TPSA) is 86.9 Å². The molecule has 1 aromatic heterocycles. The normalized spacial score (nSPS) is 12.1. The van der Waals surface area contributed by atoms with Gasteiger partial charge in [0.2, 0.25) is 0 Å². The number of aryl methyl sites for hydroxylation is 1. The molecule has 0 unspecified atom stereocenters. The summed E-state index contributed by atoms with van der Waals surface area (Å²) in [6.45, 7) is 1.69. The standard InChI is InChI=1S/C11H6Cl2N4O2S2/c1-3-6(10(18)19)14-11(20-3)15-7-4(12)2-5(13)8-9(7)17-21-16-8/h2H,1H3,(H,14,15)(H,18,19). The Morgan fingerprint density at radius 2 is 2.00 bits per heavy atom. The summed E-state index contributed by atoms with van der Waals surface area (Å²) < 4.78 is 8.26. The summed E-state index contributed by atoms with van der Waals surface area (Å²) in [5.41, 5.74) is 1.60. The van der Waals surface area contributed by atoms with Gasteiger partial charge in [-0.3, -0.25) is 0 Å². The van der Waals surface area contributed by atoms with Gasteiger partial charge in [0.1, 0.15) is 11.4 Å². The number of hydrogen-bond acceptors (Lipinski definition) is 6. The summed E-state index contributed by atoms with van der Waals surface area (Å²) in [7, 11) is 0. The van der Waals surface area contributed by atoms with Gasteiger partial charge in [-0.25, -0.2) is 9.78 Å². The van der Waals surface area contributed by atoms with Crippen LogP contribution in [0.4, 0.5) is 22.2 Å². The zero-order valence-corrected chi connectivity index (χ0v) is 13.5. The van der Waals surface area contributed by atoms with E-state index in [0.717, 1.165) is 11.4 Å². The highest BCUT2D eigenvalue weighted by atomic mass is 35.5. The minimum absolute atomic E-state index is 0.0141. The fourth-order valence-electron chi connectivity index (χ4n) is 1.75. The maximum absolute atomic E-state index is 11.0. The maximum atomic E-state index is 11.0. The Kier molecular flexibility index (Phi) is 3.70. The molecule has 0 radical (unpaired) electrons. The molecule has 0 aliphatic carbocycles. The third-order valence-corrected chi connectivity index (χ3v) is 4.68. The van der Waals surface area contributed by atoms with Crippen molar-refractivity contribution in [2.75, 3.05) is 5.32 Å². The number of fused-ring (bicyclic) bond motifs is 1. The van der Waals surface area contributed by atoms with Crippen LogP contribution in [0.1, 0.15) is 15.4 Å². The second-order valence-electron chi connectivity index (χ2n) is 4.03. The lowest BCUT2D eigenvalue weighted by atomic mass is 10.2. The van der Waals surface area contributed by atoms with Gasteiger partial charge in [-0.05, 0) is 13.0 Å². The number of aromatic carboxylic acids is 1. The van der Waals surface area contributed by atoms with Gasteiger partial charge in [0, 0.05) is 4.88 Å². The zero-order valence-electron chi connectivity index (χ0n) is 10.3. The van der Waals surface area contributed by atoms with E-state index in [-0.39, 0.29) is 5.69 Å². The van der Waals surface area contributed by atoms with Gasteiger partial charge in [0.25, 0.3) is 0 Å². The predicted octanol–water partition coefficient (Wildman–Crippen LogP) is 4.93. The highest BCUT2D eigenvalue weighted by Gasteiger charge is 2.21. The van der Waals surface area contributed by atoms with Crippen LogP contribution in [-0.4, -0.2) is 16.1 Å². The summed E-state index contributed by atoms with van der Waals surface area (Å²) >= 11 is 14.5. The zero-order chi connectivity index (χ0) is 15.1. The summed E-state index contributed by atoms with van der Waals surface area (Å²) in [6.07, 6.45) is 0. The third kappa shape index (κ3) is 2.55. The van der Waals surface area contributed by atoms with Crippen LogP contribution in [-0.2, 0) is 11.4 Å². The van der Waals surface area contributed by atoms with Gasteiger partial charge in [-0.15, -0.1) is 11.3 Å². The summed E-state index contributed by atoms with van der Waals surface area (Å²) in [5.74, 6) is -1.07. The van der Waals surface area contributed by atoms with Crippen molar-refractivity contribution in [3.63, 3.8) is 0 Å².